The van der Waals surface area contributed by atoms with Crippen molar-refractivity contribution in [2.45, 2.75) is 58.0 Å². The number of rotatable bonds is 6. The van der Waals surface area contributed by atoms with Gasteiger partial charge in [0.2, 0.25) is 0 Å². The molecule has 3 aromatic rings. The Morgan fingerprint density at radius 3 is 2.52 bits per heavy atom. The number of fused-ring (bicyclic) bond motifs is 3. The molecule has 0 bridgehead atoms. The molecule has 0 unspecified atom stereocenters. The number of hydrogen-bond acceptors (Lipinski definition) is 1. The van der Waals surface area contributed by atoms with E-state index in [1.165, 1.54) is 35.6 Å². The Balaban J connectivity index is 1.59. The number of halogens is 1. The van der Waals surface area contributed by atoms with Crippen molar-refractivity contribution in [1.82, 2.24) is 0 Å². The van der Waals surface area contributed by atoms with Gasteiger partial charge < -0.3 is 0 Å². The molecule has 0 heterocycles. The zero-order valence-corrected chi connectivity index (χ0v) is 17.1. The first-order valence-corrected chi connectivity index (χ1v) is 10.9. The van der Waals surface area contributed by atoms with Crippen LogP contribution < -0.4 is 0 Å². The molecule has 1 aliphatic rings. The van der Waals surface area contributed by atoms with Crippen LogP contribution in [-0.2, 0) is 6.42 Å². The average molecular weight is 386 g/mol. The van der Waals surface area contributed by atoms with Gasteiger partial charge in [-0.3, -0.25) is 0 Å². The van der Waals surface area contributed by atoms with Gasteiger partial charge in [-0.15, -0.1) is 0 Å². The lowest BCUT2D eigenvalue weighted by Gasteiger charge is -2.29. The lowest BCUT2D eigenvalue weighted by Crippen LogP contribution is -2.18. The van der Waals surface area contributed by atoms with Gasteiger partial charge in [-0.1, -0.05) is 69.0 Å². The second kappa shape index (κ2) is 8.78. The number of alkyl halides is 1. The van der Waals surface area contributed by atoms with Crippen LogP contribution in [0.25, 0.3) is 21.9 Å². The Morgan fingerprint density at radius 2 is 1.76 bits per heavy atom. The summed E-state index contributed by atoms with van der Waals surface area (Å²) in [6, 6.07) is 20.4. The van der Waals surface area contributed by atoms with Crippen LogP contribution in [0.15, 0.2) is 54.6 Å². The zero-order valence-electron chi connectivity index (χ0n) is 17.1. The van der Waals surface area contributed by atoms with Gasteiger partial charge in [0.15, 0.2) is 0 Å². The van der Waals surface area contributed by atoms with Crippen LogP contribution in [0.4, 0.5) is 4.39 Å². The van der Waals surface area contributed by atoms with Crippen LogP contribution in [0.3, 0.4) is 0 Å². The number of hydrogen-bond donors (Lipinski definition) is 0. The Hall–Kier alpha value is -2.66. The Bertz CT molecular complexity index is 1030. The molecule has 0 saturated carbocycles. The molecule has 4 rings (SSSR count). The van der Waals surface area contributed by atoms with E-state index in [0.717, 1.165) is 42.4 Å². The highest BCUT2D eigenvalue weighted by molar-refractivity contribution is 5.91. The molecule has 0 radical (unpaired) electrons. The van der Waals surface area contributed by atoms with Crippen LogP contribution >= 0.6 is 0 Å². The van der Waals surface area contributed by atoms with Gasteiger partial charge >= 0.3 is 0 Å². The Labute approximate surface area is 173 Å². The van der Waals surface area contributed by atoms with E-state index in [2.05, 4.69) is 37.3 Å². The normalized spacial score (nSPS) is 18.4. The van der Waals surface area contributed by atoms with Crippen LogP contribution in [-0.4, -0.2) is 0 Å². The quantitative estimate of drug-likeness (QED) is 0.395. The predicted octanol–water partition coefficient (Wildman–Crippen LogP) is 7.92. The van der Waals surface area contributed by atoms with Gasteiger partial charge in [0, 0.05) is 0 Å². The summed E-state index contributed by atoms with van der Waals surface area (Å²) in [4.78, 5) is 0. The second-order valence-corrected chi connectivity index (χ2v) is 8.31. The van der Waals surface area contributed by atoms with Crippen molar-refractivity contribution in [3.63, 3.8) is 0 Å². The van der Waals surface area contributed by atoms with Crippen molar-refractivity contribution in [1.29, 1.82) is 5.26 Å². The minimum Gasteiger partial charge on any atom is -0.242 e. The van der Waals surface area contributed by atoms with E-state index in [9.17, 15) is 0 Å². The number of aryl methyl sites for hydroxylation is 1. The molecule has 0 spiro atoms. The van der Waals surface area contributed by atoms with Crippen LogP contribution in [0.5, 0.6) is 0 Å². The fraction of sp³-hybridized carbons (Fsp3) is 0.370. The van der Waals surface area contributed by atoms with Crippen molar-refractivity contribution < 1.29 is 4.39 Å². The first-order valence-electron chi connectivity index (χ1n) is 10.9. The summed E-state index contributed by atoms with van der Waals surface area (Å²) in [7, 11) is 0. The summed E-state index contributed by atoms with van der Waals surface area (Å²) >= 11 is 0. The molecule has 0 saturated heterocycles. The van der Waals surface area contributed by atoms with Gasteiger partial charge in [-0.2, -0.15) is 5.26 Å². The molecule has 0 N–H and O–H groups in total. The van der Waals surface area contributed by atoms with E-state index in [0.29, 0.717) is 5.56 Å². The molecule has 29 heavy (non-hydrogen) atoms. The predicted molar refractivity (Wildman–Crippen MR) is 119 cm³/mol. The van der Waals surface area contributed by atoms with E-state index in [-0.39, 0.29) is 5.92 Å². The van der Waals surface area contributed by atoms with Crippen molar-refractivity contribution in [3.8, 4) is 17.2 Å². The highest BCUT2D eigenvalue weighted by atomic mass is 19.1. The SMILES string of the molecule is CCCCCC[C@@H]1CCc2c(ccc3cc(-c4ccc(C#N)cc4)ccc23)[C@H]1F. The maximum atomic E-state index is 15.3. The first-order chi connectivity index (χ1) is 14.2. The molecule has 1 aliphatic carbocycles. The molecule has 0 amide bonds. The minimum atomic E-state index is -0.831. The number of unbranched alkanes of at least 4 members (excludes halogenated alkanes) is 3. The van der Waals surface area contributed by atoms with E-state index in [1.807, 2.05) is 30.3 Å². The average Bonchev–Trinajstić information content (AvgIpc) is 2.77. The third-order valence-electron chi connectivity index (χ3n) is 6.42. The summed E-state index contributed by atoms with van der Waals surface area (Å²) < 4.78 is 15.3. The van der Waals surface area contributed by atoms with Crippen molar-refractivity contribution in [3.05, 3.63) is 71.3 Å². The molecular formula is C27H28FN. The molecule has 2 atom stereocenters. The number of nitrogens with zero attached hydrogens (tertiary/aromatic N) is 1. The summed E-state index contributed by atoms with van der Waals surface area (Å²) in [6.45, 7) is 2.21. The van der Waals surface area contributed by atoms with Crippen molar-refractivity contribution >= 4 is 10.8 Å². The summed E-state index contributed by atoms with van der Waals surface area (Å²) in [5.74, 6) is 0.176. The molecule has 148 valence electrons. The highest BCUT2D eigenvalue weighted by Gasteiger charge is 2.30. The van der Waals surface area contributed by atoms with Crippen molar-refractivity contribution in [2.75, 3.05) is 0 Å². The fourth-order valence-electron chi connectivity index (χ4n) is 4.72. The lowest BCUT2D eigenvalue weighted by molar-refractivity contribution is 0.192. The molecule has 2 heteroatoms. The zero-order chi connectivity index (χ0) is 20.2. The van der Waals surface area contributed by atoms with Crippen LogP contribution in [0.1, 0.15) is 68.3 Å². The number of nitriles is 1. The van der Waals surface area contributed by atoms with E-state index in [4.69, 9.17) is 5.26 Å². The standard InChI is InChI=1S/C27H28FN/c1-2-3-4-5-6-21-11-15-25-24-14-12-22(20-9-7-19(18-29)8-10-20)17-23(24)13-16-26(25)27(21)28/h7-10,12-14,16-17,21,27H,2-6,11,15H2,1H3/t21-,27+/m1/s1. The summed E-state index contributed by atoms with van der Waals surface area (Å²) in [5, 5.41) is 11.3. The molecule has 0 fully saturated rings. The second-order valence-electron chi connectivity index (χ2n) is 8.31. The minimum absolute atomic E-state index is 0.176. The molecule has 3 aromatic carbocycles. The van der Waals surface area contributed by atoms with Gasteiger partial charge in [0.25, 0.3) is 0 Å². The van der Waals surface area contributed by atoms with Gasteiger partial charge in [-0.25, -0.2) is 4.39 Å². The summed E-state index contributed by atoms with van der Waals surface area (Å²) in [5.41, 5.74) is 5.01. The molecule has 1 nitrogen and oxygen atoms in total. The first kappa shape index (κ1) is 19.6. The molecule has 0 aliphatic heterocycles. The van der Waals surface area contributed by atoms with Crippen molar-refractivity contribution in [2.24, 2.45) is 5.92 Å². The highest BCUT2D eigenvalue weighted by Crippen LogP contribution is 2.43. The fourth-order valence-corrected chi connectivity index (χ4v) is 4.72. The maximum Gasteiger partial charge on any atom is 0.128 e. The van der Waals surface area contributed by atoms with E-state index >= 15 is 4.39 Å². The van der Waals surface area contributed by atoms with Gasteiger partial charge in [-0.05, 0) is 76.4 Å². The third kappa shape index (κ3) is 4.06. The maximum absolute atomic E-state index is 15.3. The Morgan fingerprint density at radius 1 is 0.966 bits per heavy atom. The third-order valence-corrected chi connectivity index (χ3v) is 6.42. The monoisotopic (exact) mass is 385 g/mol. The largest absolute Gasteiger partial charge is 0.242 e. The number of benzene rings is 3. The Kier molecular flexibility index (Phi) is 5.95. The van der Waals surface area contributed by atoms with Gasteiger partial charge in [0.1, 0.15) is 6.17 Å². The summed E-state index contributed by atoms with van der Waals surface area (Å²) in [6.07, 6.45) is 6.96. The topological polar surface area (TPSA) is 23.8 Å². The smallest absolute Gasteiger partial charge is 0.128 e. The van der Waals surface area contributed by atoms with E-state index < -0.39 is 6.17 Å². The van der Waals surface area contributed by atoms with E-state index in [1.54, 1.807) is 0 Å². The molecule has 0 aromatic heterocycles. The molecular weight excluding hydrogens is 357 g/mol. The van der Waals surface area contributed by atoms with Gasteiger partial charge in [0.05, 0.1) is 11.6 Å². The van der Waals surface area contributed by atoms with Crippen LogP contribution in [0, 0.1) is 17.2 Å². The van der Waals surface area contributed by atoms with Crippen LogP contribution in [0.2, 0.25) is 0 Å². The lowest BCUT2D eigenvalue weighted by atomic mass is 9.78.